The Morgan fingerprint density at radius 3 is 2.19 bits per heavy atom. The summed E-state index contributed by atoms with van der Waals surface area (Å²) in [6.07, 6.45) is -4.55. The average molecular weight is 496 g/mol. The highest BCUT2D eigenvalue weighted by molar-refractivity contribution is 6.11. The highest BCUT2D eigenvalue weighted by atomic mass is 19.4. The van der Waals surface area contributed by atoms with Crippen molar-refractivity contribution in [2.24, 2.45) is 7.05 Å². The van der Waals surface area contributed by atoms with Gasteiger partial charge in [0.1, 0.15) is 11.3 Å². The lowest BCUT2D eigenvalue weighted by Crippen LogP contribution is -2.30. The molecule has 10 heteroatoms. The van der Waals surface area contributed by atoms with Gasteiger partial charge in [0.15, 0.2) is 5.75 Å². The number of aryl methyl sites for hydroxylation is 1. The Morgan fingerprint density at radius 1 is 0.917 bits per heavy atom. The standard InChI is InChI=1S/C26H19F3N2O5/c1-31-18-9-6-10-19(35-2)20(18)22(36-25(34)15-7-4-3-5-8-15)21(24(31)33)23(32)30-17-13-11-16(12-14-17)26(27,28)29/h3-14H,1-2H3,(H,30,32). The Bertz CT molecular complexity index is 1510. The number of fused-ring (bicyclic) bond motifs is 1. The molecule has 0 atom stereocenters. The molecule has 4 rings (SSSR count). The second kappa shape index (κ2) is 9.57. The summed E-state index contributed by atoms with van der Waals surface area (Å²) >= 11 is 0. The third kappa shape index (κ3) is 4.65. The second-order valence-electron chi connectivity index (χ2n) is 7.71. The van der Waals surface area contributed by atoms with E-state index in [1.54, 1.807) is 36.4 Å². The van der Waals surface area contributed by atoms with Crippen LogP contribution < -0.4 is 20.3 Å². The van der Waals surface area contributed by atoms with Crippen molar-refractivity contribution >= 4 is 28.5 Å². The smallest absolute Gasteiger partial charge is 0.416 e. The van der Waals surface area contributed by atoms with Crippen molar-refractivity contribution in [3.05, 3.63) is 99.8 Å². The number of aromatic nitrogens is 1. The number of hydrogen-bond donors (Lipinski definition) is 1. The number of carbonyl (C=O) groups is 2. The minimum absolute atomic E-state index is 0.00973. The number of hydrogen-bond acceptors (Lipinski definition) is 5. The number of methoxy groups -OCH3 is 1. The minimum atomic E-state index is -4.55. The Kier molecular flexibility index (Phi) is 6.52. The van der Waals surface area contributed by atoms with Gasteiger partial charge in [0.05, 0.1) is 29.1 Å². The number of halogens is 3. The van der Waals surface area contributed by atoms with E-state index in [2.05, 4.69) is 5.32 Å². The number of nitrogens with zero attached hydrogens (tertiary/aromatic N) is 1. The van der Waals surface area contributed by atoms with Crippen LogP contribution in [0.15, 0.2) is 77.6 Å². The van der Waals surface area contributed by atoms with E-state index in [1.165, 1.54) is 30.9 Å². The summed E-state index contributed by atoms with van der Waals surface area (Å²) in [7, 11) is 2.81. The van der Waals surface area contributed by atoms with Gasteiger partial charge in [-0.05, 0) is 48.5 Å². The van der Waals surface area contributed by atoms with Crippen molar-refractivity contribution < 1.29 is 32.2 Å². The molecule has 0 spiro atoms. The van der Waals surface area contributed by atoms with Gasteiger partial charge in [-0.3, -0.25) is 9.59 Å². The van der Waals surface area contributed by atoms with Gasteiger partial charge < -0.3 is 19.4 Å². The molecule has 1 aromatic heterocycles. The van der Waals surface area contributed by atoms with Gasteiger partial charge in [0, 0.05) is 12.7 Å². The summed E-state index contributed by atoms with van der Waals surface area (Å²) in [6, 6.07) is 16.5. The number of anilines is 1. The molecule has 0 fully saturated rings. The van der Waals surface area contributed by atoms with Crippen LogP contribution in [-0.4, -0.2) is 23.6 Å². The molecule has 0 aliphatic rings. The summed E-state index contributed by atoms with van der Waals surface area (Å²) in [4.78, 5) is 39.4. The fraction of sp³-hybridized carbons (Fsp3) is 0.115. The van der Waals surface area contributed by atoms with Gasteiger partial charge in [0.25, 0.3) is 11.5 Å². The molecule has 1 N–H and O–H groups in total. The highest BCUT2D eigenvalue weighted by Crippen LogP contribution is 2.36. The number of ether oxygens (including phenoxy) is 2. The number of esters is 1. The Hall–Kier alpha value is -4.60. The van der Waals surface area contributed by atoms with Crippen molar-refractivity contribution in [3.8, 4) is 11.5 Å². The van der Waals surface area contributed by atoms with Crippen LogP contribution in [0.3, 0.4) is 0 Å². The molecule has 0 aliphatic heterocycles. The quantitative estimate of drug-likeness (QED) is 0.392. The monoisotopic (exact) mass is 496 g/mol. The van der Waals surface area contributed by atoms with E-state index in [9.17, 15) is 27.6 Å². The lowest BCUT2D eigenvalue weighted by Gasteiger charge is -2.17. The van der Waals surface area contributed by atoms with Crippen molar-refractivity contribution in [1.29, 1.82) is 0 Å². The second-order valence-corrected chi connectivity index (χ2v) is 7.71. The van der Waals surface area contributed by atoms with Crippen LogP contribution in [0.4, 0.5) is 18.9 Å². The molecule has 184 valence electrons. The van der Waals surface area contributed by atoms with Crippen LogP contribution in [0.25, 0.3) is 10.9 Å². The Morgan fingerprint density at radius 2 is 1.58 bits per heavy atom. The van der Waals surface area contributed by atoms with Crippen molar-refractivity contribution in [1.82, 2.24) is 4.57 Å². The highest BCUT2D eigenvalue weighted by Gasteiger charge is 2.31. The van der Waals surface area contributed by atoms with Gasteiger partial charge >= 0.3 is 12.1 Å². The number of amides is 1. The minimum Gasteiger partial charge on any atom is -0.496 e. The third-order valence-corrected chi connectivity index (χ3v) is 5.46. The molecule has 0 saturated heterocycles. The molecule has 0 unspecified atom stereocenters. The van der Waals surface area contributed by atoms with Crippen LogP contribution in [0, 0.1) is 0 Å². The molecule has 0 aliphatic carbocycles. The molecule has 1 amide bonds. The van der Waals surface area contributed by atoms with Crippen LogP contribution in [0.2, 0.25) is 0 Å². The zero-order valence-corrected chi connectivity index (χ0v) is 19.1. The molecule has 3 aromatic carbocycles. The van der Waals surface area contributed by atoms with Crippen LogP contribution in [0.5, 0.6) is 11.5 Å². The first kappa shape index (κ1) is 24.5. The number of carbonyl (C=O) groups excluding carboxylic acids is 2. The normalized spacial score (nSPS) is 11.2. The van der Waals surface area contributed by atoms with Gasteiger partial charge in [-0.25, -0.2) is 4.79 Å². The SMILES string of the molecule is COc1cccc2c1c(OC(=O)c1ccccc1)c(C(=O)Nc1ccc(C(F)(F)F)cc1)c(=O)n2C. The number of benzene rings is 3. The first-order valence-corrected chi connectivity index (χ1v) is 10.6. The molecular weight excluding hydrogens is 477 g/mol. The first-order chi connectivity index (χ1) is 17.1. The Balaban J connectivity index is 1.86. The van der Waals surface area contributed by atoms with E-state index >= 15 is 0 Å². The van der Waals surface area contributed by atoms with Crippen LogP contribution in [0.1, 0.15) is 26.3 Å². The molecule has 0 saturated carbocycles. The molecule has 1 heterocycles. The zero-order chi connectivity index (χ0) is 26.0. The van der Waals surface area contributed by atoms with E-state index in [1.807, 2.05) is 0 Å². The molecule has 7 nitrogen and oxygen atoms in total. The van der Waals surface area contributed by atoms with Crippen LogP contribution >= 0.6 is 0 Å². The predicted molar refractivity (Wildman–Crippen MR) is 127 cm³/mol. The summed E-state index contributed by atoms with van der Waals surface area (Å²) < 4.78 is 50.9. The van der Waals surface area contributed by atoms with E-state index in [0.29, 0.717) is 5.52 Å². The Labute approximate surface area is 202 Å². The topological polar surface area (TPSA) is 86.6 Å². The molecule has 0 bridgehead atoms. The zero-order valence-electron chi connectivity index (χ0n) is 19.1. The van der Waals surface area contributed by atoms with Gasteiger partial charge in [0.2, 0.25) is 0 Å². The largest absolute Gasteiger partial charge is 0.496 e. The maximum absolute atomic E-state index is 13.3. The molecular formula is C26H19F3N2O5. The first-order valence-electron chi connectivity index (χ1n) is 10.6. The summed E-state index contributed by atoms with van der Waals surface area (Å²) in [6.45, 7) is 0. The number of nitrogens with one attached hydrogen (secondary N) is 1. The van der Waals surface area contributed by atoms with Crippen molar-refractivity contribution in [2.45, 2.75) is 6.18 Å². The average Bonchev–Trinajstić information content (AvgIpc) is 2.86. The number of alkyl halides is 3. The number of pyridine rings is 1. The lowest BCUT2D eigenvalue weighted by molar-refractivity contribution is -0.137. The summed E-state index contributed by atoms with van der Waals surface area (Å²) in [5.41, 5.74) is -1.67. The summed E-state index contributed by atoms with van der Waals surface area (Å²) in [5, 5.41) is 2.61. The summed E-state index contributed by atoms with van der Waals surface area (Å²) in [5.74, 6) is -1.88. The fourth-order valence-corrected chi connectivity index (χ4v) is 3.66. The van der Waals surface area contributed by atoms with Gasteiger partial charge in [-0.2, -0.15) is 13.2 Å². The van der Waals surface area contributed by atoms with E-state index in [4.69, 9.17) is 9.47 Å². The predicted octanol–water partition coefficient (Wildman–Crippen LogP) is 5.04. The van der Waals surface area contributed by atoms with E-state index < -0.39 is 34.7 Å². The number of rotatable bonds is 5. The molecule has 4 aromatic rings. The van der Waals surface area contributed by atoms with Gasteiger partial charge in [-0.1, -0.05) is 24.3 Å². The van der Waals surface area contributed by atoms with Gasteiger partial charge in [-0.15, -0.1) is 0 Å². The maximum atomic E-state index is 13.3. The lowest BCUT2D eigenvalue weighted by atomic mass is 10.1. The van der Waals surface area contributed by atoms with E-state index in [-0.39, 0.29) is 28.1 Å². The van der Waals surface area contributed by atoms with Crippen LogP contribution in [-0.2, 0) is 13.2 Å². The molecule has 0 radical (unpaired) electrons. The van der Waals surface area contributed by atoms with E-state index in [0.717, 1.165) is 24.3 Å². The van der Waals surface area contributed by atoms with Crippen molar-refractivity contribution in [2.75, 3.05) is 12.4 Å². The molecule has 36 heavy (non-hydrogen) atoms. The van der Waals surface area contributed by atoms with Crippen molar-refractivity contribution in [3.63, 3.8) is 0 Å². The third-order valence-electron chi connectivity index (χ3n) is 5.46. The fourth-order valence-electron chi connectivity index (χ4n) is 3.66. The maximum Gasteiger partial charge on any atom is 0.416 e.